The first-order valence-corrected chi connectivity index (χ1v) is 7.17. The van der Waals surface area contributed by atoms with E-state index in [1.54, 1.807) is 12.1 Å². The summed E-state index contributed by atoms with van der Waals surface area (Å²) in [7, 11) is 0. The molecule has 2 aliphatic rings. The smallest absolute Gasteiger partial charge is 0.178 e. The zero-order valence-corrected chi connectivity index (χ0v) is 11.9. The summed E-state index contributed by atoms with van der Waals surface area (Å²) < 4.78 is 10.9. The quantitative estimate of drug-likeness (QED) is 0.850. The van der Waals surface area contributed by atoms with Crippen LogP contribution in [0.15, 0.2) is 12.1 Å². The summed E-state index contributed by atoms with van der Waals surface area (Å²) in [6.45, 7) is 5.00. The van der Waals surface area contributed by atoms with Gasteiger partial charge in [0, 0.05) is 37.8 Å². The molecule has 0 amide bonds. The van der Waals surface area contributed by atoms with E-state index in [-0.39, 0.29) is 5.78 Å². The number of nitrogens with one attached hydrogen (secondary N) is 1. The molecule has 1 fully saturated rings. The number of halogens is 1. The van der Waals surface area contributed by atoms with Crippen LogP contribution < -0.4 is 14.8 Å². The van der Waals surface area contributed by atoms with Crippen LogP contribution >= 0.6 is 11.6 Å². The number of fused-ring (bicyclic) bond motifs is 1. The Labute approximate surface area is 122 Å². The minimum atomic E-state index is 0.0221. The number of Topliss-reactive ketones (excluding diaryl/α,β-unsaturated/α-hetero) is 1. The molecule has 0 bridgehead atoms. The molecule has 1 saturated heterocycles. The normalized spacial score (nSPS) is 18.9. The van der Waals surface area contributed by atoms with Crippen molar-refractivity contribution in [3.63, 3.8) is 0 Å². The lowest BCUT2D eigenvalue weighted by molar-refractivity contribution is 0.0920. The highest BCUT2D eigenvalue weighted by atomic mass is 35.5. The van der Waals surface area contributed by atoms with Gasteiger partial charge in [0.1, 0.15) is 13.2 Å². The molecule has 1 N–H and O–H groups in total. The van der Waals surface area contributed by atoms with Crippen LogP contribution in [0.25, 0.3) is 0 Å². The topological polar surface area (TPSA) is 50.8 Å². The monoisotopic (exact) mass is 296 g/mol. The fraction of sp³-hybridized carbons (Fsp3) is 0.500. The second-order valence-electron chi connectivity index (χ2n) is 4.93. The number of ether oxygens (including phenoxy) is 2. The van der Waals surface area contributed by atoms with E-state index in [1.165, 1.54) is 0 Å². The standard InChI is InChI=1S/C14H17ClN2O3/c15-11-8-14-13(19-5-6-20-14)7-10(11)12(18)9-17-3-1-16-2-4-17/h7-8,16H,1-6,9H2. The van der Waals surface area contributed by atoms with E-state index in [2.05, 4.69) is 10.2 Å². The van der Waals surface area contributed by atoms with E-state index in [1.807, 2.05) is 0 Å². The van der Waals surface area contributed by atoms with Crippen molar-refractivity contribution in [2.24, 2.45) is 0 Å². The van der Waals surface area contributed by atoms with Gasteiger partial charge in [0.15, 0.2) is 17.3 Å². The summed E-state index contributed by atoms with van der Waals surface area (Å²) >= 11 is 6.19. The average Bonchev–Trinajstić information content (AvgIpc) is 2.47. The summed E-state index contributed by atoms with van der Waals surface area (Å²) in [5.41, 5.74) is 0.509. The van der Waals surface area contributed by atoms with Gasteiger partial charge >= 0.3 is 0 Å². The lowest BCUT2D eigenvalue weighted by Gasteiger charge is -2.26. The molecule has 0 radical (unpaired) electrons. The third-order valence-corrected chi connectivity index (χ3v) is 3.82. The molecular formula is C14H17ClN2O3. The van der Waals surface area contributed by atoms with E-state index in [0.717, 1.165) is 26.2 Å². The lowest BCUT2D eigenvalue weighted by Crippen LogP contribution is -2.45. The molecule has 0 saturated carbocycles. The van der Waals surface area contributed by atoms with Crippen molar-refractivity contribution in [3.8, 4) is 11.5 Å². The highest BCUT2D eigenvalue weighted by Crippen LogP contribution is 2.35. The van der Waals surface area contributed by atoms with Crippen LogP contribution in [0.1, 0.15) is 10.4 Å². The summed E-state index contributed by atoms with van der Waals surface area (Å²) in [5, 5.41) is 3.69. The van der Waals surface area contributed by atoms with Crippen molar-refractivity contribution in [2.45, 2.75) is 0 Å². The zero-order chi connectivity index (χ0) is 13.9. The minimum Gasteiger partial charge on any atom is -0.486 e. The van der Waals surface area contributed by atoms with Gasteiger partial charge in [-0.05, 0) is 6.07 Å². The Morgan fingerprint density at radius 2 is 1.85 bits per heavy atom. The summed E-state index contributed by atoms with van der Waals surface area (Å²) in [4.78, 5) is 14.5. The van der Waals surface area contributed by atoms with Crippen LogP contribution in [-0.4, -0.2) is 56.6 Å². The maximum absolute atomic E-state index is 12.4. The average molecular weight is 297 g/mol. The van der Waals surface area contributed by atoms with Crippen molar-refractivity contribution in [2.75, 3.05) is 45.9 Å². The summed E-state index contributed by atoms with van der Waals surface area (Å²) in [6.07, 6.45) is 0. The van der Waals surface area contributed by atoms with Gasteiger partial charge in [-0.2, -0.15) is 0 Å². The first kappa shape index (κ1) is 13.7. The fourth-order valence-electron chi connectivity index (χ4n) is 2.44. The lowest BCUT2D eigenvalue weighted by atomic mass is 10.1. The van der Waals surface area contributed by atoms with Gasteiger partial charge in [-0.1, -0.05) is 11.6 Å². The second-order valence-corrected chi connectivity index (χ2v) is 5.33. The number of carbonyl (C=O) groups is 1. The van der Waals surface area contributed by atoms with Crippen LogP contribution in [0.3, 0.4) is 0 Å². The van der Waals surface area contributed by atoms with Gasteiger partial charge in [0.2, 0.25) is 0 Å². The molecule has 0 aromatic heterocycles. The maximum Gasteiger partial charge on any atom is 0.178 e. The first-order chi connectivity index (χ1) is 9.74. The Morgan fingerprint density at radius 1 is 1.20 bits per heavy atom. The van der Waals surface area contributed by atoms with Crippen LogP contribution in [0.4, 0.5) is 0 Å². The van der Waals surface area contributed by atoms with Crippen molar-refractivity contribution >= 4 is 17.4 Å². The van der Waals surface area contributed by atoms with Gasteiger partial charge in [-0.15, -0.1) is 0 Å². The van der Waals surface area contributed by atoms with Crippen molar-refractivity contribution in [1.82, 2.24) is 10.2 Å². The second kappa shape index (κ2) is 5.99. The third-order valence-electron chi connectivity index (χ3n) is 3.51. The van der Waals surface area contributed by atoms with Crippen molar-refractivity contribution in [1.29, 1.82) is 0 Å². The van der Waals surface area contributed by atoms with Gasteiger partial charge in [-0.3, -0.25) is 9.69 Å². The molecule has 2 heterocycles. The Kier molecular flexibility index (Phi) is 4.10. The molecule has 3 rings (SSSR count). The van der Waals surface area contributed by atoms with E-state index >= 15 is 0 Å². The molecule has 2 aliphatic heterocycles. The van der Waals surface area contributed by atoms with Crippen LogP contribution in [0.5, 0.6) is 11.5 Å². The Bertz CT molecular complexity index is 515. The Balaban J connectivity index is 1.76. The number of benzene rings is 1. The molecule has 0 atom stereocenters. The van der Waals surface area contributed by atoms with Crippen LogP contribution in [-0.2, 0) is 0 Å². The van der Waals surface area contributed by atoms with E-state index < -0.39 is 0 Å². The van der Waals surface area contributed by atoms with Gasteiger partial charge < -0.3 is 14.8 Å². The predicted octanol–water partition coefficient (Wildman–Crippen LogP) is 1.20. The molecule has 1 aromatic carbocycles. The largest absolute Gasteiger partial charge is 0.486 e. The number of nitrogens with zero attached hydrogens (tertiary/aromatic N) is 1. The molecule has 1 aromatic rings. The molecule has 6 heteroatoms. The van der Waals surface area contributed by atoms with E-state index in [0.29, 0.717) is 41.8 Å². The van der Waals surface area contributed by atoms with E-state index in [9.17, 15) is 4.79 Å². The Morgan fingerprint density at radius 3 is 2.55 bits per heavy atom. The summed E-state index contributed by atoms with van der Waals surface area (Å²) in [5.74, 6) is 1.23. The zero-order valence-electron chi connectivity index (χ0n) is 11.2. The van der Waals surface area contributed by atoms with Crippen molar-refractivity contribution < 1.29 is 14.3 Å². The van der Waals surface area contributed by atoms with Gasteiger partial charge in [0.25, 0.3) is 0 Å². The number of rotatable bonds is 3. The number of hydrogen-bond donors (Lipinski definition) is 1. The highest BCUT2D eigenvalue weighted by molar-refractivity contribution is 6.34. The molecule has 0 unspecified atom stereocenters. The first-order valence-electron chi connectivity index (χ1n) is 6.79. The number of hydrogen-bond acceptors (Lipinski definition) is 5. The van der Waals surface area contributed by atoms with Crippen molar-refractivity contribution in [3.05, 3.63) is 22.7 Å². The maximum atomic E-state index is 12.4. The Hall–Kier alpha value is -1.30. The van der Waals surface area contributed by atoms with Gasteiger partial charge in [-0.25, -0.2) is 0 Å². The molecular weight excluding hydrogens is 280 g/mol. The number of piperazine rings is 1. The van der Waals surface area contributed by atoms with Crippen LogP contribution in [0.2, 0.25) is 5.02 Å². The molecule has 20 heavy (non-hydrogen) atoms. The number of carbonyl (C=O) groups excluding carboxylic acids is 1. The molecule has 108 valence electrons. The van der Waals surface area contributed by atoms with E-state index in [4.69, 9.17) is 21.1 Å². The number of ketones is 1. The molecule has 0 aliphatic carbocycles. The predicted molar refractivity (Wildman–Crippen MR) is 76.1 cm³/mol. The fourth-order valence-corrected chi connectivity index (χ4v) is 2.69. The molecule has 0 spiro atoms. The minimum absolute atomic E-state index is 0.0221. The summed E-state index contributed by atoms with van der Waals surface area (Å²) in [6, 6.07) is 3.36. The van der Waals surface area contributed by atoms with Crippen LogP contribution in [0, 0.1) is 0 Å². The molecule has 5 nitrogen and oxygen atoms in total. The highest BCUT2D eigenvalue weighted by Gasteiger charge is 2.21. The SMILES string of the molecule is O=C(CN1CCNCC1)c1cc2c(cc1Cl)OCCO2. The van der Waals surface area contributed by atoms with Gasteiger partial charge in [0.05, 0.1) is 11.6 Å². The third kappa shape index (κ3) is 2.90.